The van der Waals surface area contributed by atoms with Crippen molar-refractivity contribution in [3.63, 3.8) is 0 Å². The van der Waals surface area contributed by atoms with E-state index in [-0.39, 0.29) is 12.3 Å². The number of unbranched alkanes of at least 4 members (excludes halogenated alkanes) is 1. The number of hydrogen-bond donors (Lipinski definition) is 2. The second-order valence-electron chi connectivity index (χ2n) is 8.05. The van der Waals surface area contributed by atoms with Crippen LogP contribution in [-0.4, -0.2) is 35.1 Å². The first-order valence-corrected chi connectivity index (χ1v) is 12.4. The van der Waals surface area contributed by atoms with Crippen molar-refractivity contribution < 1.29 is 19.4 Å². The smallest absolute Gasteiger partial charge is 0.303 e. The van der Waals surface area contributed by atoms with Crippen LogP contribution in [0, 0.1) is 0 Å². The number of rotatable bonds is 13. The van der Waals surface area contributed by atoms with Gasteiger partial charge in [-0.3, -0.25) is 9.59 Å². The van der Waals surface area contributed by atoms with Crippen LogP contribution in [0.1, 0.15) is 47.7 Å². The number of halogens is 1. The van der Waals surface area contributed by atoms with E-state index < -0.39 is 5.97 Å². The van der Waals surface area contributed by atoms with Gasteiger partial charge in [0, 0.05) is 42.3 Å². The number of aliphatic carboxylic acids is 1. The van der Waals surface area contributed by atoms with Crippen LogP contribution in [0.4, 0.5) is 5.82 Å². The number of carbonyl (C=O) groups is 2. The second kappa shape index (κ2) is 13.5. The predicted molar refractivity (Wildman–Crippen MR) is 140 cm³/mol. The Kier molecular flexibility index (Phi) is 10.1. The number of aromatic nitrogens is 1. The van der Waals surface area contributed by atoms with Gasteiger partial charge >= 0.3 is 5.97 Å². The molecule has 0 aliphatic carbocycles. The van der Waals surface area contributed by atoms with Gasteiger partial charge in [0.2, 0.25) is 0 Å². The molecule has 0 aliphatic heterocycles. The summed E-state index contributed by atoms with van der Waals surface area (Å²) >= 11 is 3.56. The van der Waals surface area contributed by atoms with E-state index in [1.807, 2.05) is 48.5 Å². The SMILES string of the molecule is CCN(Cc1cc(Br)ccc1OCc1ccccc1)c1ccc(C(=O)NCCCCC(=O)O)cn1. The lowest BCUT2D eigenvalue weighted by Gasteiger charge is -2.24. The molecule has 2 N–H and O–H groups in total. The Hall–Kier alpha value is -3.39. The van der Waals surface area contributed by atoms with Crippen LogP contribution in [0.5, 0.6) is 5.75 Å². The third kappa shape index (κ3) is 8.40. The molecule has 3 aromatic rings. The molecule has 0 radical (unpaired) electrons. The molecule has 7 nitrogen and oxygen atoms in total. The molecule has 0 atom stereocenters. The highest BCUT2D eigenvalue weighted by Gasteiger charge is 2.13. The molecule has 0 aliphatic rings. The first kappa shape index (κ1) is 26.2. The molecule has 1 amide bonds. The highest BCUT2D eigenvalue weighted by molar-refractivity contribution is 9.10. The van der Waals surface area contributed by atoms with Crippen LogP contribution in [0.2, 0.25) is 0 Å². The predicted octanol–water partition coefficient (Wildman–Crippen LogP) is 5.43. The van der Waals surface area contributed by atoms with Gasteiger partial charge in [-0.2, -0.15) is 0 Å². The number of nitrogens with zero attached hydrogens (tertiary/aromatic N) is 2. The van der Waals surface area contributed by atoms with Crippen molar-refractivity contribution in [1.82, 2.24) is 10.3 Å². The zero-order valence-corrected chi connectivity index (χ0v) is 21.3. The maximum Gasteiger partial charge on any atom is 0.303 e. The molecular weight excluding hydrogens is 510 g/mol. The van der Waals surface area contributed by atoms with Crippen LogP contribution < -0.4 is 15.0 Å². The quantitative estimate of drug-likeness (QED) is 0.281. The molecule has 184 valence electrons. The molecule has 1 heterocycles. The molecule has 0 fully saturated rings. The number of benzene rings is 2. The van der Waals surface area contributed by atoms with Crippen LogP contribution in [0.25, 0.3) is 0 Å². The fourth-order valence-electron chi connectivity index (χ4n) is 3.52. The van der Waals surface area contributed by atoms with Crippen LogP contribution in [-0.2, 0) is 17.9 Å². The molecule has 35 heavy (non-hydrogen) atoms. The van der Waals surface area contributed by atoms with Gasteiger partial charge in [0.25, 0.3) is 5.91 Å². The minimum atomic E-state index is -0.825. The maximum absolute atomic E-state index is 12.4. The average Bonchev–Trinajstić information content (AvgIpc) is 2.87. The Balaban J connectivity index is 1.62. The third-order valence-electron chi connectivity index (χ3n) is 5.44. The van der Waals surface area contributed by atoms with E-state index in [4.69, 9.17) is 9.84 Å². The van der Waals surface area contributed by atoms with Gasteiger partial charge in [0.05, 0.1) is 5.56 Å². The Bertz CT molecular complexity index is 1110. The Morgan fingerprint density at radius 2 is 1.89 bits per heavy atom. The van der Waals surface area contributed by atoms with E-state index in [1.165, 1.54) is 0 Å². The number of amides is 1. The third-order valence-corrected chi connectivity index (χ3v) is 5.93. The number of pyridine rings is 1. The van der Waals surface area contributed by atoms with Crippen molar-refractivity contribution in [1.29, 1.82) is 0 Å². The Morgan fingerprint density at radius 1 is 1.09 bits per heavy atom. The number of hydrogen-bond acceptors (Lipinski definition) is 5. The zero-order valence-electron chi connectivity index (χ0n) is 19.7. The molecule has 3 rings (SSSR count). The summed E-state index contributed by atoms with van der Waals surface area (Å²) in [7, 11) is 0. The van der Waals surface area contributed by atoms with E-state index in [1.54, 1.807) is 12.3 Å². The van der Waals surface area contributed by atoms with Gasteiger partial charge in [-0.25, -0.2) is 4.98 Å². The van der Waals surface area contributed by atoms with Gasteiger partial charge in [-0.15, -0.1) is 0 Å². The Morgan fingerprint density at radius 3 is 2.57 bits per heavy atom. The molecule has 0 saturated carbocycles. The van der Waals surface area contributed by atoms with E-state index in [0.29, 0.717) is 38.1 Å². The average molecular weight is 540 g/mol. The number of anilines is 1. The van der Waals surface area contributed by atoms with E-state index in [9.17, 15) is 9.59 Å². The summed E-state index contributed by atoms with van der Waals surface area (Å²) in [5, 5.41) is 11.5. The summed E-state index contributed by atoms with van der Waals surface area (Å²) in [4.78, 5) is 29.5. The van der Waals surface area contributed by atoms with Gasteiger partial charge in [-0.05, 0) is 55.7 Å². The lowest BCUT2D eigenvalue weighted by molar-refractivity contribution is -0.137. The number of carbonyl (C=O) groups excluding carboxylic acids is 1. The normalized spacial score (nSPS) is 10.6. The monoisotopic (exact) mass is 539 g/mol. The summed E-state index contributed by atoms with van der Waals surface area (Å²) in [5.41, 5.74) is 2.60. The fourth-order valence-corrected chi connectivity index (χ4v) is 3.93. The van der Waals surface area contributed by atoms with Crippen LogP contribution >= 0.6 is 15.9 Å². The highest BCUT2D eigenvalue weighted by atomic mass is 79.9. The molecule has 0 spiro atoms. The highest BCUT2D eigenvalue weighted by Crippen LogP contribution is 2.27. The molecular formula is C27H30BrN3O4. The summed E-state index contributed by atoms with van der Waals surface area (Å²) in [5.74, 6) is 0.536. The second-order valence-corrected chi connectivity index (χ2v) is 8.97. The van der Waals surface area contributed by atoms with Crippen LogP contribution in [0.15, 0.2) is 71.3 Å². The number of nitrogens with one attached hydrogen (secondary N) is 1. The fraction of sp³-hybridized carbons (Fsp3) is 0.296. The first-order chi connectivity index (χ1) is 17.0. The van der Waals surface area contributed by atoms with Crippen molar-refractivity contribution >= 4 is 33.6 Å². The lowest BCUT2D eigenvalue weighted by Crippen LogP contribution is -2.26. The molecule has 0 unspecified atom stereocenters. The molecule has 8 heteroatoms. The van der Waals surface area contributed by atoms with Gasteiger partial charge in [-0.1, -0.05) is 46.3 Å². The van der Waals surface area contributed by atoms with Crippen LogP contribution in [0.3, 0.4) is 0 Å². The zero-order chi connectivity index (χ0) is 25.0. The minimum Gasteiger partial charge on any atom is -0.489 e. The largest absolute Gasteiger partial charge is 0.489 e. The van der Waals surface area contributed by atoms with E-state index in [0.717, 1.165) is 33.7 Å². The van der Waals surface area contributed by atoms with Crippen molar-refractivity contribution in [2.45, 2.75) is 39.3 Å². The van der Waals surface area contributed by atoms with E-state index >= 15 is 0 Å². The topological polar surface area (TPSA) is 91.8 Å². The first-order valence-electron chi connectivity index (χ1n) is 11.6. The van der Waals surface area contributed by atoms with Crippen molar-refractivity contribution in [2.75, 3.05) is 18.0 Å². The summed E-state index contributed by atoms with van der Waals surface area (Å²) < 4.78 is 7.10. The summed E-state index contributed by atoms with van der Waals surface area (Å²) in [6.45, 7) is 4.31. The summed E-state index contributed by atoms with van der Waals surface area (Å²) in [6, 6.07) is 19.6. The van der Waals surface area contributed by atoms with Crippen molar-refractivity contribution in [3.05, 3.63) is 88.0 Å². The lowest BCUT2D eigenvalue weighted by atomic mass is 10.1. The Labute approximate surface area is 214 Å². The van der Waals surface area contributed by atoms with Gasteiger partial charge in [0.15, 0.2) is 0 Å². The standard InChI is InChI=1S/C27H30BrN3O4/c1-2-31(25-14-11-21(17-30-25)27(34)29-15-7-6-10-26(32)33)18-22-16-23(28)12-13-24(22)35-19-20-8-4-3-5-9-20/h3-5,8-9,11-14,16-17H,2,6-7,10,15,18-19H2,1H3,(H,29,34)(H,32,33). The molecule has 0 bridgehead atoms. The van der Waals surface area contributed by atoms with E-state index in [2.05, 4.69) is 44.1 Å². The minimum absolute atomic E-state index is 0.107. The van der Waals surface area contributed by atoms with Crippen molar-refractivity contribution in [3.8, 4) is 5.75 Å². The van der Waals surface area contributed by atoms with Gasteiger partial charge < -0.3 is 20.1 Å². The maximum atomic E-state index is 12.4. The number of carboxylic acids is 1. The molecule has 2 aromatic carbocycles. The number of carboxylic acid groups (broad SMARTS) is 1. The molecule has 0 saturated heterocycles. The van der Waals surface area contributed by atoms with Gasteiger partial charge in [0.1, 0.15) is 18.2 Å². The van der Waals surface area contributed by atoms with Crippen molar-refractivity contribution in [2.24, 2.45) is 0 Å². The molecule has 1 aromatic heterocycles. The number of ether oxygens (including phenoxy) is 1. The summed E-state index contributed by atoms with van der Waals surface area (Å²) in [6.07, 6.45) is 2.83.